The third-order valence-electron chi connectivity index (χ3n) is 3.61. The van der Waals surface area contributed by atoms with E-state index in [0.29, 0.717) is 0 Å². The normalized spacial score (nSPS) is 13.6. The molecule has 1 aromatic carbocycles. The Morgan fingerprint density at radius 1 is 1.00 bits per heavy atom. The highest BCUT2D eigenvalue weighted by Gasteiger charge is 2.27. The molecule has 5 nitrogen and oxygen atoms in total. The molecule has 2 aromatic rings. The molecule has 1 aliphatic carbocycles. The Labute approximate surface area is 135 Å². The number of halogens is 1. The van der Waals surface area contributed by atoms with Crippen molar-refractivity contribution in [3.8, 4) is 5.69 Å². The van der Waals surface area contributed by atoms with Crippen LogP contribution in [0, 0.1) is 31.0 Å². The summed E-state index contributed by atoms with van der Waals surface area (Å²) in [7, 11) is -4.94. The Morgan fingerprint density at radius 3 is 2.09 bits per heavy atom. The van der Waals surface area contributed by atoms with Gasteiger partial charge in [-0.3, -0.25) is 0 Å². The number of aryl methyl sites for hydroxylation is 4. The Hall–Kier alpha value is -1.02. The summed E-state index contributed by atoms with van der Waals surface area (Å²) in [6.07, 6.45) is 3.84. The second-order valence-corrected chi connectivity index (χ2v) is 7.14. The molecule has 1 heterocycles. The topological polar surface area (TPSA) is 96.1 Å². The number of thiazole rings is 1. The zero-order valence-corrected chi connectivity index (χ0v) is 14.3. The van der Waals surface area contributed by atoms with Gasteiger partial charge in [-0.25, -0.2) is 18.6 Å². The van der Waals surface area contributed by atoms with Crippen LogP contribution in [0.3, 0.4) is 0 Å². The van der Waals surface area contributed by atoms with Crippen LogP contribution in [0.1, 0.15) is 33.7 Å². The van der Waals surface area contributed by atoms with Crippen LogP contribution in [0.15, 0.2) is 17.6 Å². The average Bonchev–Trinajstić information content (AvgIpc) is 2.89. The van der Waals surface area contributed by atoms with Crippen molar-refractivity contribution in [2.75, 3.05) is 0 Å². The molecule has 120 valence electrons. The Bertz CT molecular complexity index is 650. The van der Waals surface area contributed by atoms with Crippen molar-refractivity contribution in [2.45, 2.75) is 40.0 Å². The summed E-state index contributed by atoms with van der Waals surface area (Å²) < 4.78 is 36.4. The van der Waals surface area contributed by atoms with E-state index in [0.717, 1.165) is 0 Å². The summed E-state index contributed by atoms with van der Waals surface area (Å²) in [5.41, 5.74) is 9.37. The first-order valence-electron chi connectivity index (χ1n) is 6.87. The van der Waals surface area contributed by atoms with E-state index in [9.17, 15) is 0 Å². The average molecular weight is 344 g/mol. The van der Waals surface area contributed by atoms with Crippen LogP contribution in [-0.4, -0.2) is 0 Å². The molecule has 22 heavy (non-hydrogen) atoms. The molecule has 0 fully saturated rings. The highest BCUT2D eigenvalue weighted by atomic mass is 35.7. The molecular weight excluding hydrogens is 326 g/mol. The standard InChI is InChI=1S/C15H18NS.ClHO4/c1-10-7-11(2)15(12(3)8-10)16-9-17-14-6-4-5-13(14)16;2-1(3,4)5/h7-9H,4-6H2,1-3H3;(H,2,3,4,5)/q+1;/p-1. The van der Waals surface area contributed by atoms with Gasteiger partial charge in [-0.2, -0.15) is 4.57 Å². The first-order chi connectivity index (χ1) is 10.2. The van der Waals surface area contributed by atoms with Gasteiger partial charge in [-0.15, -0.1) is 10.2 Å². The molecule has 0 saturated heterocycles. The molecule has 0 atom stereocenters. The molecule has 0 amide bonds. The lowest BCUT2D eigenvalue weighted by Gasteiger charge is -2.17. The van der Waals surface area contributed by atoms with E-state index in [1.165, 1.54) is 41.6 Å². The predicted octanol–water partition coefficient (Wildman–Crippen LogP) is -1.32. The summed E-state index contributed by atoms with van der Waals surface area (Å²) >= 11 is 1.92. The van der Waals surface area contributed by atoms with Gasteiger partial charge in [0.15, 0.2) is 0 Å². The van der Waals surface area contributed by atoms with Crippen molar-refractivity contribution in [1.29, 1.82) is 0 Å². The molecule has 0 bridgehead atoms. The second-order valence-electron chi connectivity index (χ2n) is 5.44. The second kappa shape index (κ2) is 6.62. The number of nitrogens with zero attached hydrogens (tertiary/aromatic N) is 1. The number of hydrogen-bond acceptors (Lipinski definition) is 5. The third-order valence-corrected chi connectivity index (χ3v) is 4.65. The van der Waals surface area contributed by atoms with Crippen molar-refractivity contribution < 1.29 is 33.4 Å². The molecule has 0 radical (unpaired) electrons. The highest BCUT2D eigenvalue weighted by molar-refractivity contribution is 7.09. The maximum atomic E-state index is 8.49. The van der Waals surface area contributed by atoms with Crippen molar-refractivity contribution in [1.82, 2.24) is 0 Å². The van der Waals surface area contributed by atoms with Crippen molar-refractivity contribution in [3.63, 3.8) is 0 Å². The summed E-state index contributed by atoms with van der Waals surface area (Å²) in [5, 5.41) is 0. The number of hydrogen-bond donors (Lipinski definition) is 0. The van der Waals surface area contributed by atoms with Crippen LogP contribution in [0.5, 0.6) is 0 Å². The van der Waals surface area contributed by atoms with Gasteiger partial charge >= 0.3 is 0 Å². The molecule has 0 saturated carbocycles. The fraction of sp³-hybridized carbons (Fsp3) is 0.400. The first-order valence-corrected chi connectivity index (χ1v) is 8.99. The van der Waals surface area contributed by atoms with Gasteiger partial charge < -0.3 is 0 Å². The molecular formula is C15H18ClNO4S. The van der Waals surface area contributed by atoms with Crippen LogP contribution in [0.2, 0.25) is 0 Å². The molecule has 7 heteroatoms. The lowest BCUT2D eigenvalue weighted by atomic mass is 10.0. The van der Waals surface area contributed by atoms with Crippen molar-refractivity contribution in [3.05, 3.63) is 44.9 Å². The minimum atomic E-state index is -4.94. The van der Waals surface area contributed by atoms with E-state index in [-0.39, 0.29) is 0 Å². The summed E-state index contributed by atoms with van der Waals surface area (Å²) in [4.78, 5) is 1.59. The maximum absolute atomic E-state index is 8.49. The third kappa shape index (κ3) is 4.25. The minimum absolute atomic E-state index is 1.24. The number of rotatable bonds is 1. The van der Waals surface area contributed by atoms with E-state index in [1.807, 2.05) is 11.3 Å². The van der Waals surface area contributed by atoms with Gasteiger partial charge in [0.25, 0.3) is 0 Å². The van der Waals surface area contributed by atoms with E-state index < -0.39 is 10.2 Å². The molecule has 0 spiro atoms. The van der Waals surface area contributed by atoms with Crippen LogP contribution in [0.25, 0.3) is 5.69 Å². The van der Waals surface area contributed by atoms with Crippen LogP contribution in [-0.2, 0) is 12.8 Å². The number of aromatic nitrogens is 1. The fourth-order valence-electron chi connectivity index (χ4n) is 3.00. The zero-order chi connectivity index (χ0) is 16.5. The summed E-state index contributed by atoms with van der Waals surface area (Å²) in [6.45, 7) is 6.62. The Balaban J connectivity index is 0.000000309. The quantitative estimate of drug-likeness (QED) is 0.600. The lowest BCUT2D eigenvalue weighted by molar-refractivity contribution is -2.00. The smallest absolute Gasteiger partial charge is 0.222 e. The lowest BCUT2D eigenvalue weighted by Crippen LogP contribution is -2.68. The van der Waals surface area contributed by atoms with E-state index in [4.69, 9.17) is 18.6 Å². The molecule has 0 unspecified atom stereocenters. The van der Waals surface area contributed by atoms with Gasteiger partial charge in [-0.05, 0) is 45.7 Å². The molecule has 1 aromatic heterocycles. The van der Waals surface area contributed by atoms with E-state index >= 15 is 0 Å². The molecule has 0 N–H and O–H groups in total. The van der Waals surface area contributed by atoms with Crippen molar-refractivity contribution >= 4 is 11.3 Å². The number of fused-ring (bicyclic) bond motifs is 1. The van der Waals surface area contributed by atoms with Crippen LogP contribution >= 0.6 is 11.3 Å². The van der Waals surface area contributed by atoms with E-state index in [2.05, 4.69) is 43.0 Å². The van der Waals surface area contributed by atoms with Gasteiger partial charge in [0.1, 0.15) is 0 Å². The first kappa shape index (κ1) is 17.3. The largest absolute Gasteiger partial charge is 0.231 e. The van der Waals surface area contributed by atoms with Crippen LogP contribution < -0.4 is 23.2 Å². The molecule has 0 aliphatic heterocycles. The monoisotopic (exact) mass is 343 g/mol. The Morgan fingerprint density at radius 2 is 1.55 bits per heavy atom. The van der Waals surface area contributed by atoms with E-state index in [1.54, 1.807) is 10.6 Å². The fourth-order valence-corrected chi connectivity index (χ4v) is 4.07. The Kier molecular flexibility index (Phi) is 5.21. The zero-order valence-electron chi connectivity index (χ0n) is 12.7. The minimum Gasteiger partial charge on any atom is -0.222 e. The van der Waals surface area contributed by atoms with Gasteiger partial charge in [0.05, 0.1) is 4.88 Å². The van der Waals surface area contributed by atoms with Gasteiger partial charge in [0.2, 0.25) is 16.9 Å². The molecule has 1 aliphatic rings. The predicted molar refractivity (Wildman–Crippen MR) is 72.1 cm³/mol. The highest BCUT2D eigenvalue weighted by Crippen LogP contribution is 2.26. The van der Waals surface area contributed by atoms with Crippen LogP contribution in [0.4, 0.5) is 0 Å². The maximum Gasteiger partial charge on any atom is 0.231 e. The summed E-state index contributed by atoms with van der Waals surface area (Å²) in [5.74, 6) is 0. The molecule has 3 rings (SSSR count). The SMILES string of the molecule is Cc1cc(C)c(-[n+]2csc3c2CCC3)c(C)c1.[O-][Cl+3]([O-])([O-])[O-]. The van der Waals surface area contributed by atoms with Crippen molar-refractivity contribution in [2.24, 2.45) is 0 Å². The number of benzene rings is 1. The van der Waals surface area contributed by atoms with Gasteiger partial charge in [0, 0.05) is 17.5 Å². The van der Waals surface area contributed by atoms with Gasteiger partial charge in [-0.1, -0.05) is 16.9 Å². The summed E-state index contributed by atoms with van der Waals surface area (Å²) in [6, 6.07) is 4.57.